The molecule has 0 spiro atoms. The van der Waals surface area contributed by atoms with Crippen molar-refractivity contribution in [3.63, 3.8) is 0 Å². The Morgan fingerprint density at radius 1 is 0.811 bits per heavy atom. The predicted molar refractivity (Wildman–Crippen MR) is 131 cm³/mol. The molecule has 0 radical (unpaired) electrons. The van der Waals surface area contributed by atoms with Gasteiger partial charge in [0.15, 0.2) is 0 Å². The first-order chi connectivity index (χ1) is 17.9. The SMILES string of the molecule is CNC(=O)COCCOCC(O)CN1CCN(COOC)CCN(COOC)CCN(CC(=O)O)CC1. The molecule has 1 aliphatic rings. The number of hydrogen-bond acceptors (Lipinski definition) is 13. The number of likely N-dealkylation sites (N-methyl/N-ethyl adjacent to an activating group) is 1. The Morgan fingerprint density at radius 2 is 1.30 bits per heavy atom. The van der Waals surface area contributed by atoms with Crippen LogP contribution in [0.15, 0.2) is 0 Å². The molecule has 0 aromatic carbocycles. The van der Waals surface area contributed by atoms with Crippen molar-refractivity contribution in [2.24, 2.45) is 0 Å². The summed E-state index contributed by atoms with van der Waals surface area (Å²) >= 11 is 0. The number of carbonyl (C=O) groups excluding carboxylic acids is 1. The molecule has 37 heavy (non-hydrogen) atoms. The largest absolute Gasteiger partial charge is 0.480 e. The highest BCUT2D eigenvalue weighted by Crippen LogP contribution is 2.03. The molecule has 1 heterocycles. The summed E-state index contributed by atoms with van der Waals surface area (Å²) in [7, 11) is 4.44. The lowest BCUT2D eigenvalue weighted by atomic mass is 10.3. The number of aliphatic hydroxyl groups is 1. The van der Waals surface area contributed by atoms with E-state index in [4.69, 9.17) is 29.0 Å². The predicted octanol–water partition coefficient (Wildman–Crippen LogP) is -2.50. The van der Waals surface area contributed by atoms with Crippen molar-refractivity contribution in [2.45, 2.75) is 6.10 Å². The number of hydrogen-bond donors (Lipinski definition) is 3. The van der Waals surface area contributed by atoms with Crippen molar-refractivity contribution in [3.8, 4) is 0 Å². The number of nitrogens with one attached hydrogen (secondary N) is 1. The van der Waals surface area contributed by atoms with E-state index in [1.807, 2.05) is 9.80 Å². The minimum Gasteiger partial charge on any atom is -0.480 e. The van der Waals surface area contributed by atoms with Crippen LogP contribution in [0.5, 0.6) is 0 Å². The smallest absolute Gasteiger partial charge is 0.317 e. The van der Waals surface area contributed by atoms with Gasteiger partial charge in [-0.2, -0.15) is 0 Å². The van der Waals surface area contributed by atoms with E-state index in [1.54, 1.807) is 0 Å². The van der Waals surface area contributed by atoms with Gasteiger partial charge in [0.2, 0.25) is 5.91 Å². The minimum absolute atomic E-state index is 0.0382. The second-order valence-electron chi connectivity index (χ2n) is 8.49. The van der Waals surface area contributed by atoms with E-state index in [1.165, 1.54) is 21.3 Å². The van der Waals surface area contributed by atoms with E-state index in [0.717, 1.165) is 0 Å². The molecule has 1 unspecified atom stereocenters. The van der Waals surface area contributed by atoms with Gasteiger partial charge < -0.3 is 25.0 Å². The van der Waals surface area contributed by atoms with Crippen LogP contribution >= 0.6 is 0 Å². The number of rotatable bonds is 17. The summed E-state index contributed by atoms with van der Waals surface area (Å²) < 4.78 is 10.7. The van der Waals surface area contributed by atoms with Gasteiger partial charge in [-0.15, -0.1) is 0 Å². The molecule has 15 nitrogen and oxygen atoms in total. The number of carboxylic acids is 1. The maximum atomic E-state index is 11.4. The molecule has 1 rings (SSSR count). The quantitative estimate of drug-likeness (QED) is 0.101. The molecule has 1 aliphatic heterocycles. The number of nitrogens with zero attached hydrogens (tertiary/aromatic N) is 4. The van der Waals surface area contributed by atoms with Gasteiger partial charge in [0, 0.05) is 66.0 Å². The summed E-state index contributed by atoms with van der Waals surface area (Å²) in [5, 5.41) is 22.4. The monoisotopic (exact) mass is 539 g/mol. The molecule has 0 aromatic heterocycles. The Bertz CT molecular complexity index is 606. The van der Waals surface area contributed by atoms with Gasteiger partial charge in [-0.05, 0) is 0 Å². The van der Waals surface area contributed by atoms with Gasteiger partial charge in [-0.3, -0.25) is 29.2 Å². The van der Waals surface area contributed by atoms with Gasteiger partial charge in [-0.25, -0.2) is 19.6 Å². The van der Waals surface area contributed by atoms with E-state index in [0.29, 0.717) is 58.9 Å². The van der Waals surface area contributed by atoms with E-state index in [2.05, 4.69) is 15.1 Å². The highest BCUT2D eigenvalue weighted by molar-refractivity contribution is 5.76. The molecule has 1 atom stereocenters. The summed E-state index contributed by atoms with van der Waals surface area (Å²) in [6, 6.07) is 0. The first-order valence-electron chi connectivity index (χ1n) is 12.3. The zero-order valence-corrected chi connectivity index (χ0v) is 22.3. The van der Waals surface area contributed by atoms with Crippen LogP contribution in [-0.2, 0) is 38.6 Å². The number of carbonyl (C=O) groups is 2. The number of carboxylic acid groups (broad SMARTS) is 1. The van der Waals surface area contributed by atoms with Crippen molar-refractivity contribution in [2.75, 3.05) is 127 Å². The first-order valence-corrected chi connectivity index (χ1v) is 12.3. The van der Waals surface area contributed by atoms with E-state index >= 15 is 0 Å². The highest BCUT2D eigenvalue weighted by Gasteiger charge is 2.20. The summed E-state index contributed by atoms with van der Waals surface area (Å²) in [5.41, 5.74) is 0. The molecule has 0 saturated carbocycles. The molecular weight excluding hydrogens is 494 g/mol. The highest BCUT2D eigenvalue weighted by atomic mass is 17.2. The number of aliphatic carboxylic acids is 1. The standard InChI is InChI=1S/C22H45N5O10/c1-23-21(29)17-35-13-12-34-16-20(28)14-24-4-5-25(15-22(30)31)7-9-27(19-37-33-3)11-10-26(8-6-24)18-36-32-2/h20,28H,4-19H2,1-3H3,(H,23,29)(H,30,31). The average molecular weight is 540 g/mol. The third kappa shape index (κ3) is 17.6. The van der Waals surface area contributed by atoms with Crippen molar-refractivity contribution in [1.29, 1.82) is 0 Å². The van der Waals surface area contributed by atoms with Crippen LogP contribution in [0, 0.1) is 0 Å². The van der Waals surface area contributed by atoms with Crippen molar-refractivity contribution < 1.29 is 48.8 Å². The number of amides is 1. The van der Waals surface area contributed by atoms with E-state index < -0.39 is 12.1 Å². The van der Waals surface area contributed by atoms with Crippen molar-refractivity contribution in [1.82, 2.24) is 24.9 Å². The van der Waals surface area contributed by atoms with Gasteiger partial charge >= 0.3 is 5.97 Å². The summed E-state index contributed by atoms with van der Waals surface area (Å²) in [6.45, 7) is 6.15. The maximum Gasteiger partial charge on any atom is 0.317 e. The van der Waals surface area contributed by atoms with Gasteiger partial charge in [-0.1, -0.05) is 0 Å². The zero-order chi connectivity index (χ0) is 27.3. The Morgan fingerprint density at radius 3 is 1.78 bits per heavy atom. The van der Waals surface area contributed by atoms with Crippen LogP contribution in [-0.4, -0.2) is 174 Å². The topological polar surface area (TPSA) is 155 Å². The molecule has 0 aliphatic carbocycles. The van der Waals surface area contributed by atoms with Gasteiger partial charge in [0.1, 0.15) is 20.1 Å². The molecule has 15 heteroatoms. The second kappa shape index (κ2) is 21.4. The molecular formula is C22H45N5O10. The van der Waals surface area contributed by atoms with Crippen LogP contribution in [0.2, 0.25) is 0 Å². The fraction of sp³-hybridized carbons (Fsp3) is 0.909. The van der Waals surface area contributed by atoms with Crippen molar-refractivity contribution in [3.05, 3.63) is 0 Å². The average Bonchev–Trinajstić information content (AvgIpc) is 2.87. The summed E-state index contributed by atoms with van der Waals surface area (Å²) in [6.07, 6.45) is -0.745. The van der Waals surface area contributed by atoms with Crippen LogP contribution in [0.25, 0.3) is 0 Å². The second-order valence-corrected chi connectivity index (χ2v) is 8.49. The normalized spacial score (nSPS) is 18.7. The lowest BCUT2D eigenvalue weighted by Crippen LogP contribution is -2.49. The summed E-state index contributed by atoms with van der Waals surface area (Å²) in [5.74, 6) is -1.11. The third-order valence-corrected chi connectivity index (χ3v) is 5.66. The molecule has 0 aromatic rings. The molecule has 218 valence electrons. The van der Waals surface area contributed by atoms with Crippen LogP contribution < -0.4 is 5.32 Å². The van der Waals surface area contributed by atoms with E-state index in [-0.39, 0.29) is 52.3 Å². The van der Waals surface area contributed by atoms with Crippen LogP contribution in [0.3, 0.4) is 0 Å². The maximum absolute atomic E-state index is 11.4. The van der Waals surface area contributed by atoms with Crippen LogP contribution in [0.4, 0.5) is 0 Å². The Labute approximate surface area is 218 Å². The lowest BCUT2D eigenvalue weighted by molar-refractivity contribution is -0.300. The Hall–Kier alpha value is -1.50. The van der Waals surface area contributed by atoms with Crippen molar-refractivity contribution >= 4 is 11.9 Å². The van der Waals surface area contributed by atoms with Crippen LogP contribution in [0.1, 0.15) is 0 Å². The lowest BCUT2D eigenvalue weighted by Gasteiger charge is -2.33. The number of β-amino-alcohol motifs (C(OH)–C–C–N with tert-alkyl or cyclic N) is 1. The van der Waals surface area contributed by atoms with E-state index in [9.17, 15) is 19.8 Å². The molecule has 3 N–H and O–H groups in total. The molecule has 1 amide bonds. The Balaban J connectivity index is 2.68. The van der Waals surface area contributed by atoms with Gasteiger partial charge in [0.05, 0.1) is 46.7 Å². The zero-order valence-electron chi connectivity index (χ0n) is 22.3. The minimum atomic E-state index is -0.895. The third-order valence-electron chi connectivity index (χ3n) is 5.66. The molecule has 1 saturated heterocycles. The summed E-state index contributed by atoms with van der Waals surface area (Å²) in [4.78, 5) is 50.4. The number of aliphatic hydroxyl groups excluding tert-OH is 1. The first kappa shape index (κ1) is 33.5. The fourth-order valence-corrected chi connectivity index (χ4v) is 3.55. The Kier molecular flexibility index (Phi) is 19.4. The fourth-order valence-electron chi connectivity index (χ4n) is 3.55. The number of ether oxygens (including phenoxy) is 2. The molecule has 1 fully saturated rings. The van der Waals surface area contributed by atoms with Gasteiger partial charge in [0.25, 0.3) is 0 Å². The molecule has 0 bridgehead atoms.